The summed E-state index contributed by atoms with van der Waals surface area (Å²) in [7, 11) is 0. The quantitative estimate of drug-likeness (QED) is 0.840. The minimum Gasteiger partial charge on any atom is -0.481 e. The van der Waals surface area contributed by atoms with Gasteiger partial charge in [-0.1, -0.05) is 13.8 Å². The molecule has 2 rings (SSSR count). The van der Waals surface area contributed by atoms with Gasteiger partial charge in [-0.2, -0.15) is 0 Å². The number of carboxylic acid groups (broad SMARTS) is 1. The molecule has 106 valence electrons. The predicted octanol–water partition coefficient (Wildman–Crippen LogP) is 2.33. The number of aliphatic carboxylic acids is 1. The van der Waals surface area contributed by atoms with Crippen LogP contribution in [0.3, 0.4) is 0 Å². The first-order valence-corrected chi connectivity index (χ1v) is 6.66. The molecule has 0 bridgehead atoms. The molecule has 2 aromatic rings. The van der Waals surface area contributed by atoms with E-state index in [2.05, 4.69) is 20.3 Å². The van der Waals surface area contributed by atoms with Crippen molar-refractivity contribution in [3.63, 3.8) is 0 Å². The smallest absolute Gasteiger partial charge is 0.311 e. The number of pyridine rings is 1. The number of anilines is 1. The number of aromatic nitrogens is 3. The average Bonchev–Trinajstić information content (AvgIpc) is 2.48. The highest BCUT2D eigenvalue weighted by Gasteiger charge is 2.34. The van der Waals surface area contributed by atoms with E-state index in [0.717, 1.165) is 0 Å². The third-order valence-electron chi connectivity index (χ3n) is 3.75. The maximum absolute atomic E-state index is 11.4. The van der Waals surface area contributed by atoms with Gasteiger partial charge in [0.1, 0.15) is 11.3 Å². The average molecular weight is 274 g/mol. The second-order valence-corrected chi connectivity index (χ2v) is 4.74. The first-order chi connectivity index (χ1) is 9.61. The van der Waals surface area contributed by atoms with E-state index in [1.54, 1.807) is 18.5 Å². The van der Waals surface area contributed by atoms with E-state index in [9.17, 15) is 9.90 Å². The van der Waals surface area contributed by atoms with E-state index < -0.39 is 11.4 Å². The lowest BCUT2D eigenvalue weighted by Crippen LogP contribution is -2.37. The summed E-state index contributed by atoms with van der Waals surface area (Å²) in [6, 6.07) is 3.60. The molecule has 0 unspecified atom stereocenters. The van der Waals surface area contributed by atoms with Crippen molar-refractivity contribution in [3.8, 4) is 0 Å². The van der Waals surface area contributed by atoms with Crippen LogP contribution in [0.15, 0.2) is 24.5 Å². The Morgan fingerprint density at radius 1 is 1.25 bits per heavy atom. The topological polar surface area (TPSA) is 88.0 Å². The molecular formula is C14H18N4O2. The highest BCUT2D eigenvalue weighted by molar-refractivity contribution is 5.76. The van der Waals surface area contributed by atoms with Crippen LogP contribution in [0.4, 0.5) is 5.82 Å². The van der Waals surface area contributed by atoms with Gasteiger partial charge < -0.3 is 10.4 Å². The Kier molecular flexibility index (Phi) is 4.12. The summed E-state index contributed by atoms with van der Waals surface area (Å²) >= 11 is 0. The molecule has 2 heterocycles. The summed E-state index contributed by atoms with van der Waals surface area (Å²) in [5, 5.41) is 12.5. The van der Waals surface area contributed by atoms with Gasteiger partial charge in [0.05, 0.1) is 5.41 Å². The fourth-order valence-corrected chi connectivity index (χ4v) is 2.09. The fraction of sp³-hybridized carbons (Fsp3) is 0.429. The van der Waals surface area contributed by atoms with E-state index >= 15 is 0 Å². The van der Waals surface area contributed by atoms with Crippen LogP contribution in [-0.2, 0) is 4.79 Å². The molecule has 6 nitrogen and oxygen atoms in total. The van der Waals surface area contributed by atoms with Crippen molar-refractivity contribution in [2.24, 2.45) is 5.41 Å². The third-order valence-corrected chi connectivity index (χ3v) is 3.75. The number of carboxylic acids is 1. The third kappa shape index (κ3) is 2.68. The molecular weight excluding hydrogens is 256 g/mol. The van der Waals surface area contributed by atoms with Crippen LogP contribution in [-0.4, -0.2) is 32.6 Å². The lowest BCUT2D eigenvalue weighted by molar-refractivity contribution is -0.148. The van der Waals surface area contributed by atoms with Gasteiger partial charge in [-0.3, -0.25) is 9.78 Å². The molecule has 0 saturated carbocycles. The number of hydrogen-bond donors (Lipinski definition) is 2. The highest BCUT2D eigenvalue weighted by atomic mass is 16.4. The van der Waals surface area contributed by atoms with E-state index in [4.69, 9.17) is 0 Å². The zero-order valence-electron chi connectivity index (χ0n) is 11.6. The summed E-state index contributed by atoms with van der Waals surface area (Å²) in [6.45, 7) is 4.12. The van der Waals surface area contributed by atoms with Gasteiger partial charge in [0.15, 0.2) is 5.65 Å². The lowest BCUT2D eigenvalue weighted by atomic mass is 9.82. The van der Waals surface area contributed by atoms with Crippen molar-refractivity contribution >= 4 is 23.0 Å². The van der Waals surface area contributed by atoms with Crippen LogP contribution in [0.2, 0.25) is 0 Å². The number of hydrogen-bond acceptors (Lipinski definition) is 5. The molecule has 0 atom stereocenters. The Labute approximate surface area is 117 Å². The maximum Gasteiger partial charge on any atom is 0.311 e. The monoisotopic (exact) mass is 274 g/mol. The van der Waals surface area contributed by atoms with Gasteiger partial charge in [-0.25, -0.2) is 9.97 Å². The van der Waals surface area contributed by atoms with Crippen LogP contribution >= 0.6 is 0 Å². The number of nitrogens with zero attached hydrogens (tertiary/aromatic N) is 3. The molecule has 0 saturated heterocycles. The second-order valence-electron chi connectivity index (χ2n) is 4.74. The van der Waals surface area contributed by atoms with Crippen molar-refractivity contribution in [1.29, 1.82) is 0 Å². The molecule has 6 heteroatoms. The molecule has 2 aromatic heterocycles. The van der Waals surface area contributed by atoms with Gasteiger partial charge >= 0.3 is 5.97 Å². The minimum atomic E-state index is -0.782. The molecule has 0 radical (unpaired) electrons. The molecule has 20 heavy (non-hydrogen) atoms. The van der Waals surface area contributed by atoms with Crippen LogP contribution in [0.1, 0.15) is 26.7 Å². The van der Waals surface area contributed by atoms with Crippen molar-refractivity contribution in [3.05, 3.63) is 24.5 Å². The van der Waals surface area contributed by atoms with Crippen molar-refractivity contribution < 1.29 is 9.90 Å². The Bertz CT molecular complexity index is 611. The van der Waals surface area contributed by atoms with Crippen LogP contribution in [0, 0.1) is 5.41 Å². The zero-order chi connectivity index (χ0) is 14.6. The van der Waals surface area contributed by atoms with Gasteiger partial charge in [0.2, 0.25) is 0 Å². The number of carbonyl (C=O) groups is 1. The summed E-state index contributed by atoms with van der Waals surface area (Å²) in [5.74, 6) is -0.166. The number of rotatable bonds is 6. The first kappa shape index (κ1) is 14.2. The Morgan fingerprint density at radius 2 is 1.95 bits per heavy atom. The molecule has 0 aromatic carbocycles. The summed E-state index contributed by atoms with van der Waals surface area (Å²) in [5.41, 5.74) is 0.499. The van der Waals surface area contributed by atoms with Crippen molar-refractivity contribution in [2.75, 3.05) is 11.9 Å². The van der Waals surface area contributed by atoms with Crippen LogP contribution in [0.25, 0.3) is 11.2 Å². The van der Waals surface area contributed by atoms with Gasteiger partial charge in [-0.15, -0.1) is 0 Å². The molecule has 0 fully saturated rings. The maximum atomic E-state index is 11.4. The SMILES string of the molecule is CCC(CC)(CNc1ccc2nccnc2n1)C(=O)O. The van der Waals surface area contributed by atoms with E-state index in [-0.39, 0.29) is 0 Å². The van der Waals surface area contributed by atoms with Crippen molar-refractivity contribution in [1.82, 2.24) is 15.0 Å². The fourth-order valence-electron chi connectivity index (χ4n) is 2.09. The molecule has 0 aliphatic carbocycles. The van der Waals surface area contributed by atoms with Gasteiger partial charge in [0.25, 0.3) is 0 Å². The number of nitrogens with one attached hydrogen (secondary N) is 1. The molecule has 2 N–H and O–H groups in total. The number of fused-ring (bicyclic) bond motifs is 1. The van der Waals surface area contributed by atoms with E-state index in [1.165, 1.54) is 0 Å². The van der Waals surface area contributed by atoms with Gasteiger partial charge in [0, 0.05) is 18.9 Å². The highest BCUT2D eigenvalue weighted by Crippen LogP contribution is 2.27. The predicted molar refractivity (Wildman–Crippen MR) is 76.5 cm³/mol. The van der Waals surface area contributed by atoms with Crippen LogP contribution < -0.4 is 5.32 Å². The summed E-state index contributed by atoms with van der Waals surface area (Å²) in [4.78, 5) is 24.0. The summed E-state index contributed by atoms with van der Waals surface area (Å²) in [6.07, 6.45) is 4.33. The molecule has 0 aliphatic rings. The Morgan fingerprint density at radius 3 is 2.60 bits per heavy atom. The zero-order valence-corrected chi connectivity index (χ0v) is 11.6. The molecule has 0 amide bonds. The Hall–Kier alpha value is -2.24. The van der Waals surface area contributed by atoms with Gasteiger partial charge in [-0.05, 0) is 25.0 Å². The summed E-state index contributed by atoms with van der Waals surface area (Å²) < 4.78 is 0. The largest absolute Gasteiger partial charge is 0.481 e. The minimum absolute atomic E-state index is 0.341. The van der Waals surface area contributed by atoms with Crippen molar-refractivity contribution in [2.45, 2.75) is 26.7 Å². The second kappa shape index (κ2) is 5.81. The standard InChI is InChI=1S/C14H18N4O2/c1-3-14(4-2,13(19)20)9-17-11-6-5-10-12(18-11)16-8-7-15-10/h5-8H,3-4,9H2,1-2H3,(H,19,20)(H,16,17,18). The van der Waals surface area contributed by atoms with Crippen LogP contribution in [0.5, 0.6) is 0 Å². The lowest BCUT2D eigenvalue weighted by Gasteiger charge is -2.27. The van der Waals surface area contributed by atoms with E-state index in [1.807, 2.05) is 19.9 Å². The Balaban J connectivity index is 2.17. The normalized spacial score (nSPS) is 11.5. The van der Waals surface area contributed by atoms with E-state index in [0.29, 0.717) is 36.4 Å². The first-order valence-electron chi connectivity index (χ1n) is 6.66. The molecule has 0 spiro atoms. The molecule has 0 aliphatic heterocycles.